The maximum atomic E-state index is 12.5. The Morgan fingerprint density at radius 2 is 1.46 bits per heavy atom. The molecule has 2 aromatic rings. The molecule has 3 N–H and O–H groups in total. The van der Waals surface area contributed by atoms with Gasteiger partial charge < -0.3 is 0 Å². The minimum absolute atomic E-state index is 0.365. The van der Waals surface area contributed by atoms with E-state index in [1.54, 1.807) is 4.72 Å². The Kier molecular flexibility index (Phi) is 5.71. The van der Waals surface area contributed by atoms with Gasteiger partial charge >= 0.3 is 0 Å². The van der Waals surface area contributed by atoms with Gasteiger partial charge in [0.2, 0.25) is 0 Å². The Bertz CT molecular complexity index is 1290. The van der Waals surface area contributed by atoms with E-state index in [-0.39, 0.29) is 5.02 Å². The van der Waals surface area contributed by atoms with Crippen molar-refractivity contribution >= 4 is 53.2 Å². The molecule has 0 radical (unpaired) electrons. The van der Waals surface area contributed by atoms with E-state index in [0.29, 0.717) is 24.3 Å². The van der Waals surface area contributed by atoms with Gasteiger partial charge in [-0.1, -0.05) is 11.6 Å². The highest BCUT2D eigenvalue weighted by Gasteiger charge is 2.25. The zero-order chi connectivity index (χ0) is 21.5. The average Bonchev–Trinajstić information content (AvgIpc) is 2.52. The number of nitro benzene ring substituents is 1. The summed E-state index contributed by atoms with van der Waals surface area (Å²) in [5, 5.41) is 10.5. The number of anilines is 1. The molecule has 28 heavy (non-hydrogen) atoms. The fourth-order valence-electron chi connectivity index (χ4n) is 1.98. The molecule has 0 aromatic heterocycles. The Morgan fingerprint density at radius 3 is 1.96 bits per heavy atom. The van der Waals surface area contributed by atoms with Crippen molar-refractivity contribution in [2.24, 2.45) is 0 Å². The normalized spacial score (nSPS) is 12.5. The van der Waals surface area contributed by atoms with Gasteiger partial charge in [-0.3, -0.25) is 23.9 Å². The summed E-state index contributed by atoms with van der Waals surface area (Å²) in [6.07, 6.45) is 0. The van der Waals surface area contributed by atoms with Crippen molar-refractivity contribution in [2.75, 3.05) is 4.72 Å². The highest BCUT2D eigenvalue weighted by Crippen LogP contribution is 2.30. The number of hydrogen-bond donors (Lipinski definition) is 3. The van der Waals surface area contributed by atoms with E-state index >= 15 is 0 Å². The summed E-state index contributed by atoms with van der Waals surface area (Å²) in [5.41, 5.74) is -1.68. The molecule has 152 valence electrons. The van der Waals surface area contributed by atoms with Gasteiger partial charge in [-0.2, -0.15) is 16.8 Å². The molecular weight excluding hydrogens is 464 g/mol. The molecule has 0 atom stereocenters. The highest BCUT2D eigenvalue weighted by atomic mass is 35.5. The summed E-state index contributed by atoms with van der Waals surface area (Å²) >= 11 is 5.59. The zero-order valence-corrected chi connectivity index (χ0v) is 16.4. The molecule has 0 heterocycles. The zero-order valence-electron chi connectivity index (χ0n) is 13.2. The summed E-state index contributed by atoms with van der Waals surface area (Å²) in [6.45, 7) is 0. The van der Waals surface area contributed by atoms with E-state index in [1.807, 2.05) is 0 Å². The lowest BCUT2D eigenvalue weighted by Gasteiger charge is -2.12. The van der Waals surface area contributed by atoms with Gasteiger partial charge in [0.25, 0.3) is 35.9 Å². The smallest absolute Gasteiger partial charge is 0.282 e. The van der Waals surface area contributed by atoms with Crippen molar-refractivity contribution in [3.8, 4) is 0 Å². The van der Waals surface area contributed by atoms with Gasteiger partial charge in [-0.05, 0) is 30.3 Å². The molecule has 0 saturated carbocycles. The molecule has 0 saturated heterocycles. The van der Waals surface area contributed by atoms with E-state index in [1.165, 1.54) is 0 Å². The first-order chi connectivity index (χ1) is 12.6. The predicted octanol–water partition coefficient (Wildman–Crippen LogP) is 1.54. The fraction of sp³-hybridized carbons (Fsp3) is 0. The molecule has 0 bridgehead atoms. The first-order valence-corrected chi connectivity index (χ1v) is 11.4. The van der Waals surface area contributed by atoms with Crippen LogP contribution in [0, 0.1) is 10.1 Å². The maximum Gasteiger partial charge on any atom is 0.296 e. The molecule has 2 rings (SSSR count). The van der Waals surface area contributed by atoms with E-state index in [9.17, 15) is 39.9 Å². The van der Waals surface area contributed by atoms with Gasteiger partial charge in [0.15, 0.2) is 0 Å². The molecule has 2 aromatic carbocycles. The lowest BCUT2D eigenvalue weighted by molar-refractivity contribution is -0.384. The van der Waals surface area contributed by atoms with Gasteiger partial charge in [0.1, 0.15) is 9.92 Å². The first kappa shape index (κ1) is 22.0. The number of halogens is 1. The van der Waals surface area contributed by atoms with E-state index in [0.717, 1.165) is 12.1 Å². The number of rotatable bonds is 6. The third-order valence-electron chi connectivity index (χ3n) is 3.20. The van der Waals surface area contributed by atoms with Crippen LogP contribution >= 0.6 is 11.6 Å². The summed E-state index contributed by atoms with van der Waals surface area (Å²) < 4.78 is 90.2. The van der Waals surface area contributed by atoms with Crippen molar-refractivity contribution in [2.45, 2.75) is 14.7 Å². The Morgan fingerprint density at radius 1 is 0.893 bits per heavy atom. The molecule has 0 spiro atoms. The Hall–Kier alpha value is -2.30. The molecule has 16 heteroatoms. The minimum atomic E-state index is -5.01. The lowest BCUT2D eigenvalue weighted by Crippen LogP contribution is -2.16. The third kappa shape index (κ3) is 4.75. The molecule has 12 nitrogen and oxygen atoms in total. The van der Waals surface area contributed by atoms with E-state index in [2.05, 4.69) is 0 Å². The van der Waals surface area contributed by atoms with Gasteiger partial charge in [0.05, 0.1) is 20.4 Å². The predicted molar refractivity (Wildman–Crippen MR) is 95.0 cm³/mol. The number of sulfonamides is 1. The SMILES string of the molecule is O=[N+]([O-])c1cc(S(=O)(=O)Nc2cc(S(=O)(=O)O)ccc2S(=O)(=O)O)ccc1Cl. The number of nitrogens with one attached hydrogen (secondary N) is 1. The first-order valence-electron chi connectivity index (χ1n) is 6.69. The van der Waals surface area contributed by atoms with Crippen molar-refractivity contribution < 1.29 is 39.3 Å². The lowest BCUT2D eigenvalue weighted by atomic mass is 10.3. The second kappa shape index (κ2) is 7.26. The number of hydrogen-bond acceptors (Lipinski definition) is 8. The highest BCUT2D eigenvalue weighted by molar-refractivity contribution is 7.93. The van der Waals surface area contributed by atoms with Crippen LogP contribution in [0.1, 0.15) is 0 Å². The molecule has 0 aliphatic rings. The second-order valence-electron chi connectivity index (χ2n) is 5.08. The summed E-state index contributed by atoms with van der Waals surface area (Å²) in [5.74, 6) is 0. The van der Waals surface area contributed by atoms with Crippen molar-refractivity contribution in [3.63, 3.8) is 0 Å². The van der Waals surface area contributed by atoms with Crippen LogP contribution in [0.3, 0.4) is 0 Å². The van der Waals surface area contributed by atoms with Crippen LogP contribution in [0.2, 0.25) is 5.02 Å². The average molecular weight is 473 g/mol. The number of nitro groups is 1. The standard InChI is InChI=1S/C12H9ClN2O10S3/c13-9-3-1-7(6-11(9)15(16)17)26(18,19)14-10-5-8(27(20,21)22)2-4-12(10)28(23,24)25/h1-6,14H,(H,20,21,22)(H,23,24,25). The van der Waals surface area contributed by atoms with E-state index in [4.69, 9.17) is 16.2 Å². The maximum absolute atomic E-state index is 12.5. The largest absolute Gasteiger partial charge is 0.296 e. The minimum Gasteiger partial charge on any atom is -0.282 e. The van der Waals surface area contributed by atoms with Crippen molar-refractivity contribution in [1.82, 2.24) is 0 Å². The third-order valence-corrected chi connectivity index (χ3v) is 6.64. The van der Waals surface area contributed by atoms with Crippen LogP contribution in [-0.4, -0.2) is 39.3 Å². The molecule has 0 amide bonds. The summed E-state index contributed by atoms with van der Waals surface area (Å²) in [7, 11) is -14.6. The summed E-state index contributed by atoms with van der Waals surface area (Å²) in [4.78, 5) is 7.34. The monoisotopic (exact) mass is 472 g/mol. The summed E-state index contributed by atoms with van der Waals surface area (Å²) in [6, 6.07) is 3.97. The van der Waals surface area contributed by atoms with Crippen LogP contribution < -0.4 is 4.72 Å². The van der Waals surface area contributed by atoms with Crippen molar-refractivity contribution in [1.29, 1.82) is 0 Å². The van der Waals surface area contributed by atoms with Crippen LogP contribution in [0.4, 0.5) is 11.4 Å². The topological polar surface area (TPSA) is 198 Å². The molecule has 0 unspecified atom stereocenters. The Labute approximate surface area is 163 Å². The quantitative estimate of drug-likeness (QED) is 0.314. The number of benzene rings is 2. The molecule has 0 aliphatic carbocycles. The molecule has 0 fully saturated rings. The Balaban J connectivity index is 2.66. The fourth-order valence-corrected chi connectivity index (χ4v) is 4.45. The second-order valence-corrected chi connectivity index (χ2v) is 9.99. The van der Waals surface area contributed by atoms with Gasteiger partial charge in [-0.15, -0.1) is 0 Å². The van der Waals surface area contributed by atoms with Crippen LogP contribution in [-0.2, 0) is 30.3 Å². The van der Waals surface area contributed by atoms with Crippen LogP contribution in [0.25, 0.3) is 0 Å². The number of nitrogens with zero attached hydrogens (tertiary/aromatic N) is 1. The van der Waals surface area contributed by atoms with E-state index < -0.39 is 61.2 Å². The van der Waals surface area contributed by atoms with Crippen LogP contribution in [0.5, 0.6) is 0 Å². The van der Waals surface area contributed by atoms with Gasteiger partial charge in [0, 0.05) is 6.07 Å². The molecule has 0 aliphatic heterocycles. The van der Waals surface area contributed by atoms with Crippen LogP contribution in [0.15, 0.2) is 51.1 Å². The van der Waals surface area contributed by atoms with Gasteiger partial charge in [-0.25, -0.2) is 8.42 Å². The molecular formula is C12H9ClN2O10S3. The van der Waals surface area contributed by atoms with Crippen molar-refractivity contribution in [3.05, 3.63) is 51.5 Å².